The highest BCUT2D eigenvalue weighted by Gasteiger charge is 2.50. The van der Waals surface area contributed by atoms with Crippen LogP contribution in [0.25, 0.3) is 0 Å². The lowest BCUT2D eigenvalue weighted by Gasteiger charge is -2.29. The molecule has 1 unspecified atom stereocenters. The van der Waals surface area contributed by atoms with Crippen LogP contribution >= 0.6 is 0 Å². The molecule has 2 rings (SSSR count). The molecule has 0 spiro atoms. The third kappa shape index (κ3) is 3.08. The number of urea groups is 1. The predicted octanol–water partition coefficient (Wildman–Crippen LogP) is 0.525. The van der Waals surface area contributed by atoms with Crippen LogP contribution in [0, 0.1) is 5.92 Å². The lowest BCUT2D eigenvalue weighted by molar-refractivity contribution is -0.408. The first-order chi connectivity index (χ1) is 11.3. The molecule has 0 bridgehead atoms. The molecule has 0 aromatic rings. The van der Waals surface area contributed by atoms with E-state index >= 15 is 0 Å². The van der Waals surface area contributed by atoms with E-state index in [-0.39, 0.29) is 18.5 Å². The Morgan fingerprint density at radius 1 is 1.46 bits per heavy atom. The molecule has 0 saturated carbocycles. The molecule has 8 heteroatoms. The van der Waals surface area contributed by atoms with Gasteiger partial charge in [0.2, 0.25) is 0 Å². The van der Waals surface area contributed by atoms with Crippen molar-refractivity contribution in [2.24, 2.45) is 10.9 Å². The number of amides is 4. The zero-order valence-corrected chi connectivity index (χ0v) is 14.6. The largest absolute Gasteiger partial charge is 0.499 e. The SMILES string of the molecule is CCC1=C(OC)C2C(=O)N(CC(=O)NC(C)C)C(=O)[N+](C)=C2N=C1. The van der Waals surface area contributed by atoms with Gasteiger partial charge in [-0.2, -0.15) is 9.48 Å². The van der Waals surface area contributed by atoms with E-state index in [1.54, 1.807) is 6.21 Å². The molecule has 0 aromatic heterocycles. The summed E-state index contributed by atoms with van der Waals surface area (Å²) in [6.45, 7) is 5.23. The van der Waals surface area contributed by atoms with Gasteiger partial charge in [0.05, 0.1) is 14.2 Å². The van der Waals surface area contributed by atoms with E-state index in [2.05, 4.69) is 10.3 Å². The van der Waals surface area contributed by atoms with Gasteiger partial charge in [-0.3, -0.25) is 9.59 Å². The van der Waals surface area contributed by atoms with Crippen LogP contribution in [0.15, 0.2) is 16.3 Å². The van der Waals surface area contributed by atoms with Crippen LogP contribution in [0.2, 0.25) is 0 Å². The minimum Gasteiger partial charge on any atom is -0.499 e. The normalized spacial score (nSPS) is 20.8. The Morgan fingerprint density at radius 3 is 2.67 bits per heavy atom. The Hall–Kier alpha value is -2.51. The third-order valence-corrected chi connectivity index (χ3v) is 3.92. The van der Waals surface area contributed by atoms with Crippen LogP contribution in [-0.4, -0.2) is 66.1 Å². The van der Waals surface area contributed by atoms with Gasteiger partial charge < -0.3 is 10.1 Å². The number of methoxy groups -OCH3 is 1. The highest BCUT2D eigenvalue weighted by molar-refractivity contribution is 6.16. The van der Waals surface area contributed by atoms with Crippen LogP contribution < -0.4 is 5.32 Å². The number of fused-ring (bicyclic) bond motifs is 1. The topological polar surface area (TPSA) is 91.1 Å². The van der Waals surface area contributed by atoms with E-state index in [1.165, 1.54) is 18.7 Å². The van der Waals surface area contributed by atoms with Gasteiger partial charge >= 0.3 is 11.9 Å². The first kappa shape index (κ1) is 17.8. The summed E-state index contributed by atoms with van der Waals surface area (Å²) >= 11 is 0. The average Bonchev–Trinajstić information content (AvgIpc) is 2.54. The van der Waals surface area contributed by atoms with Crippen LogP contribution in [0.4, 0.5) is 4.79 Å². The number of nitrogens with zero attached hydrogens (tertiary/aromatic N) is 3. The average molecular weight is 335 g/mol. The third-order valence-electron chi connectivity index (χ3n) is 3.92. The number of rotatable bonds is 5. The van der Waals surface area contributed by atoms with Crippen molar-refractivity contribution in [1.82, 2.24) is 10.2 Å². The number of allylic oxidation sites excluding steroid dienone is 1. The zero-order valence-electron chi connectivity index (χ0n) is 14.6. The summed E-state index contributed by atoms with van der Waals surface area (Å²) < 4.78 is 6.71. The van der Waals surface area contributed by atoms with E-state index < -0.39 is 17.9 Å². The fraction of sp³-hybridized carbons (Fsp3) is 0.562. The van der Waals surface area contributed by atoms with Crippen molar-refractivity contribution in [2.75, 3.05) is 20.7 Å². The monoisotopic (exact) mass is 335 g/mol. The number of hydrogen-bond donors (Lipinski definition) is 1. The van der Waals surface area contributed by atoms with Gasteiger partial charge in [-0.1, -0.05) is 6.92 Å². The zero-order chi connectivity index (χ0) is 18.0. The number of imide groups is 1. The predicted molar refractivity (Wildman–Crippen MR) is 87.9 cm³/mol. The lowest BCUT2D eigenvalue weighted by atomic mass is 9.94. The second-order valence-corrected chi connectivity index (χ2v) is 5.98. The number of hydrogen-bond acceptors (Lipinski definition) is 5. The van der Waals surface area contributed by atoms with E-state index in [0.717, 1.165) is 10.5 Å². The van der Waals surface area contributed by atoms with Crippen molar-refractivity contribution in [3.05, 3.63) is 11.3 Å². The summed E-state index contributed by atoms with van der Waals surface area (Å²) in [4.78, 5) is 42.5. The Morgan fingerprint density at radius 2 is 2.12 bits per heavy atom. The van der Waals surface area contributed by atoms with E-state index in [0.29, 0.717) is 18.0 Å². The molecule has 2 aliphatic heterocycles. The molecule has 4 amide bonds. The smallest absolute Gasteiger partial charge is 0.446 e. The van der Waals surface area contributed by atoms with E-state index in [1.807, 2.05) is 20.8 Å². The van der Waals surface area contributed by atoms with Gasteiger partial charge in [0.25, 0.3) is 11.7 Å². The number of carbonyl (C=O) groups excluding carboxylic acids is 3. The fourth-order valence-electron chi connectivity index (χ4n) is 2.79. The van der Waals surface area contributed by atoms with Crippen LogP contribution in [0.5, 0.6) is 0 Å². The van der Waals surface area contributed by atoms with Crippen molar-refractivity contribution < 1.29 is 23.7 Å². The minimum absolute atomic E-state index is 0.0762. The highest BCUT2D eigenvalue weighted by atomic mass is 16.5. The maximum atomic E-state index is 12.9. The molecule has 0 aliphatic carbocycles. The summed E-state index contributed by atoms with van der Waals surface area (Å²) in [5, 5.41) is 2.68. The molecular formula is C16H23N4O4+. The Kier molecular flexibility index (Phi) is 5.16. The number of ether oxygens (including phenoxy) is 1. The van der Waals surface area contributed by atoms with Crippen molar-refractivity contribution in [1.29, 1.82) is 0 Å². The van der Waals surface area contributed by atoms with Gasteiger partial charge in [0, 0.05) is 11.6 Å². The number of nitrogens with one attached hydrogen (secondary N) is 1. The Labute approximate surface area is 140 Å². The second kappa shape index (κ2) is 6.94. The van der Waals surface area contributed by atoms with Gasteiger partial charge in [-0.05, 0) is 20.3 Å². The summed E-state index contributed by atoms with van der Waals surface area (Å²) in [5.41, 5.74) is 0.800. The molecule has 8 nitrogen and oxygen atoms in total. The van der Waals surface area contributed by atoms with Gasteiger partial charge in [0.15, 0.2) is 12.5 Å². The highest BCUT2D eigenvalue weighted by Crippen LogP contribution is 2.28. The molecule has 0 saturated heterocycles. The molecule has 0 radical (unpaired) electrons. The summed E-state index contributed by atoms with van der Waals surface area (Å²) in [6.07, 6.45) is 2.26. The molecule has 1 atom stereocenters. The van der Waals surface area contributed by atoms with E-state index in [9.17, 15) is 14.4 Å². The van der Waals surface area contributed by atoms with Gasteiger partial charge in [-0.15, -0.1) is 4.99 Å². The molecular weight excluding hydrogens is 312 g/mol. The van der Waals surface area contributed by atoms with Crippen molar-refractivity contribution in [3.63, 3.8) is 0 Å². The van der Waals surface area contributed by atoms with Crippen LogP contribution in [0.3, 0.4) is 0 Å². The number of carbonyl (C=O) groups is 3. The maximum Gasteiger partial charge on any atom is 0.446 e. The summed E-state index contributed by atoms with van der Waals surface area (Å²) in [5.74, 6) is -0.890. The molecule has 2 aliphatic rings. The number of aliphatic imine (C=N–C) groups is 1. The Balaban J connectivity index is 2.40. The molecule has 1 N–H and O–H groups in total. The lowest BCUT2D eigenvalue weighted by Crippen LogP contribution is -2.57. The first-order valence-electron chi connectivity index (χ1n) is 7.88. The Bertz CT molecular complexity index is 676. The molecule has 0 aromatic carbocycles. The second-order valence-electron chi connectivity index (χ2n) is 5.98. The quantitative estimate of drug-likeness (QED) is 0.742. The van der Waals surface area contributed by atoms with Crippen molar-refractivity contribution in [3.8, 4) is 0 Å². The standard InChI is InChI=1S/C16H22N4O4/c1-6-10-7-17-14-12(13(10)24-5)15(22)20(16(23)19(14)4)8-11(21)18-9(2)3/h7,9,12H,6,8H2,1-5H3/p+1. The van der Waals surface area contributed by atoms with E-state index in [4.69, 9.17) is 4.74 Å². The van der Waals surface area contributed by atoms with Gasteiger partial charge in [0.1, 0.15) is 12.0 Å². The first-order valence-corrected chi connectivity index (χ1v) is 7.88. The van der Waals surface area contributed by atoms with Crippen LogP contribution in [0.1, 0.15) is 27.2 Å². The molecule has 130 valence electrons. The molecule has 24 heavy (non-hydrogen) atoms. The number of amidine groups is 1. The van der Waals surface area contributed by atoms with Gasteiger partial charge in [-0.25, -0.2) is 4.79 Å². The van der Waals surface area contributed by atoms with Crippen molar-refractivity contribution >= 4 is 29.9 Å². The van der Waals surface area contributed by atoms with Crippen LogP contribution in [-0.2, 0) is 14.3 Å². The minimum atomic E-state index is -0.801. The fourth-order valence-corrected chi connectivity index (χ4v) is 2.79. The van der Waals surface area contributed by atoms with Crippen molar-refractivity contribution in [2.45, 2.75) is 33.2 Å². The maximum absolute atomic E-state index is 12.9. The summed E-state index contributed by atoms with van der Waals surface area (Å²) in [7, 11) is 3.02. The molecule has 2 heterocycles. The summed E-state index contributed by atoms with van der Waals surface area (Å²) in [6, 6.07) is -0.648. The number of dihydropyridines is 1. The molecule has 0 fully saturated rings.